The summed E-state index contributed by atoms with van der Waals surface area (Å²) in [7, 11) is 0. The maximum atomic E-state index is 12.4. The number of aromatic nitrogens is 2. The van der Waals surface area contributed by atoms with E-state index in [4.69, 9.17) is 0 Å². The molecule has 0 unspecified atom stereocenters. The van der Waals surface area contributed by atoms with Crippen LogP contribution in [0.15, 0.2) is 45.8 Å². The zero-order chi connectivity index (χ0) is 18.8. The third-order valence-electron chi connectivity index (χ3n) is 4.07. The zero-order valence-corrected chi connectivity index (χ0v) is 17.3. The molecule has 4 rings (SSSR count). The fraction of sp³-hybridized carbons (Fsp3) is 0.150. The second-order valence-corrected chi connectivity index (χ2v) is 8.73. The van der Waals surface area contributed by atoms with Crippen LogP contribution in [-0.2, 0) is 11.2 Å². The fourth-order valence-electron chi connectivity index (χ4n) is 2.79. The van der Waals surface area contributed by atoms with Crippen molar-refractivity contribution in [2.75, 3.05) is 5.32 Å². The van der Waals surface area contributed by atoms with Gasteiger partial charge >= 0.3 is 0 Å². The number of carbonyl (C=O) groups is 1. The number of benzene rings is 1. The van der Waals surface area contributed by atoms with E-state index in [-0.39, 0.29) is 12.3 Å². The van der Waals surface area contributed by atoms with E-state index in [1.165, 1.54) is 22.5 Å². The molecule has 4 nitrogen and oxygen atoms in total. The van der Waals surface area contributed by atoms with Crippen LogP contribution in [-0.4, -0.2) is 15.9 Å². The number of hydrogen-bond acceptors (Lipinski definition) is 6. The molecule has 0 aliphatic carbocycles. The van der Waals surface area contributed by atoms with Gasteiger partial charge in [-0.25, -0.2) is 9.97 Å². The Balaban J connectivity index is 1.42. The van der Waals surface area contributed by atoms with Crippen LogP contribution in [0.5, 0.6) is 0 Å². The maximum Gasteiger partial charge on any atom is 0.232 e. The van der Waals surface area contributed by atoms with Crippen molar-refractivity contribution in [3.63, 3.8) is 0 Å². The molecule has 0 spiro atoms. The van der Waals surface area contributed by atoms with Crippen LogP contribution >= 0.6 is 34.0 Å². The summed E-state index contributed by atoms with van der Waals surface area (Å²) in [6.07, 6.45) is 0.249. The number of nitrogens with zero attached hydrogens (tertiary/aromatic N) is 2. The summed E-state index contributed by atoms with van der Waals surface area (Å²) in [6.45, 7) is 4.15. The summed E-state index contributed by atoms with van der Waals surface area (Å²) >= 11 is 4.64. The molecule has 0 radical (unpaired) electrons. The lowest BCUT2D eigenvalue weighted by Crippen LogP contribution is -2.14. The van der Waals surface area contributed by atoms with E-state index in [1.54, 1.807) is 22.7 Å². The third-order valence-corrected chi connectivity index (χ3v) is 6.45. The lowest BCUT2D eigenvalue weighted by molar-refractivity contribution is -0.115. The van der Waals surface area contributed by atoms with Gasteiger partial charge in [0.2, 0.25) is 5.91 Å². The van der Waals surface area contributed by atoms with Crippen LogP contribution in [0.2, 0.25) is 0 Å². The quantitative estimate of drug-likeness (QED) is 0.452. The van der Waals surface area contributed by atoms with Crippen molar-refractivity contribution in [3.8, 4) is 21.8 Å². The summed E-state index contributed by atoms with van der Waals surface area (Å²) in [5.41, 5.74) is 6.28. The molecule has 0 bridgehead atoms. The smallest absolute Gasteiger partial charge is 0.232 e. The normalized spacial score (nSPS) is 10.9. The van der Waals surface area contributed by atoms with Gasteiger partial charge in [-0.1, -0.05) is 23.8 Å². The van der Waals surface area contributed by atoms with Crippen molar-refractivity contribution in [3.05, 3.63) is 62.6 Å². The molecule has 0 atom stereocenters. The molecular formula is C20H17N3OS3. The Labute approximate surface area is 169 Å². The first-order valence-electron chi connectivity index (χ1n) is 8.38. The minimum atomic E-state index is -0.0984. The van der Waals surface area contributed by atoms with Gasteiger partial charge < -0.3 is 5.32 Å². The SMILES string of the molecule is Cc1ccc(-c2csc(NC(=O)Cc3csc(-c4ccsc4)n3)n2)c(C)c1. The molecule has 1 amide bonds. The molecule has 3 aromatic heterocycles. The number of nitrogens with one attached hydrogen (secondary N) is 1. The average molecular weight is 412 g/mol. The molecule has 1 N–H and O–H groups in total. The summed E-state index contributed by atoms with van der Waals surface area (Å²) in [6, 6.07) is 8.33. The van der Waals surface area contributed by atoms with Gasteiger partial charge in [-0.2, -0.15) is 11.3 Å². The number of rotatable bonds is 5. The molecule has 0 aliphatic heterocycles. The number of amides is 1. The maximum absolute atomic E-state index is 12.4. The number of carbonyl (C=O) groups excluding carboxylic acids is 1. The Morgan fingerprint density at radius 2 is 1.96 bits per heavy atom. The monoisotopic (exact) mass is 411 g/mol. The van der Waals surface area contributed by atoms with Crippen LogP contribution in [0.1, 0.15) is 16.8 Å². The van der Waals surface area contributed by atoms with E-state index in [0.717, 1.165) is 27.5 Å². The van der Waals surface area contributed by atoms with Crippen molar-refractivity contribution >= 4 is 45.0 Å². The highest BCUT2D eigenvalue weighted by Crippen LogP contribution is 2.29. The highest BCUT2D eigenvalue weighted by molar-refractivity contribution is 7.14. The first kappa shape index (κ1) is 18.0. The van der Waals surface area contributed by atoms with Gasteiger partial charge in [-0.3, -0.25) is 4.79 Å². The van der Waals surface area contributed by atoms with Gasteiger partial charge in [0.05, 0.1) is 17.8 Å². The van der Waals surface area contributed by atoms with E-state index in [1.807, 2.05) is 22.2 Å². The average Bonchev–Trinajstić information content (AvgIpc) is 3.35. The molecule has 0 saturated heterocycles. The Bertz CT molecular complexity index is 1080. The number of aryl methyl sites for hydroxylation is 2. The van der Waals surface area contributed by atoms with Crippen LogP contribution in [0, 0.1) is 13.8 Å². The lowest BCUT2D eigenvalue weighted by Gasteiger charge is -2.03. The standard InChI is InChI=1S/C20H17N3OS3/c1-12-3-4-16(13(2)7-12)17-11-27-20(22-17)23-18(24)8-15-10-26-19(21-15)14-5-6-25-9-14/h3-7,9-11H,8H2,1-2H3,(H,22,23,24). The largest absolute Gasteiger partial charge is 0.302 e. The van der Waals surface area contributed by atoms with E-state index in [0.29, 0.717) is 5.13 Å². The number of thiophene rings is 1. The highest BCUT2D eigenvalue weighted by Gasteiger charge is 2.12. The number of hydrogen-bond donors (Lipinski definition) is 1. The van der Waals surface area contributed by atoms with Gasteiger partial charge in [-0.05, 0) is 30.9 Å². The van der Waals surface area contributed by atoms with E-state index < -0.39 is 0 Å². The lowest BCUT2D eigenvalue weighted by atomic mass is 10.0. The second kappa shape index (κ2) is 7.72. The van der Waals surface area contributed by atoms with Crippen molar-refractivity contribution in [2.24, 2.45) is 0 Å². The van der Waals surface area contributed by atoms with E-state index in [9.17, 15) is 4.79 Å². The topological polar surface area (TPSA) is 54.9 Å². The molecule has 4 aromatic rings. The first-order valence-corrected chi connectivity index (χ1v) is 11.1. The van der Waals surface area contributed by atoms with Gasteiger partial charge in [0.1, 0.15) is 5.01 Å². The molecule has 0 fully saturated rings. The second-order valence-electron chi connectivity index (χ2n) is 6.24. The molecule has 3 heterocycles. The van der Waals surface area contributed by atoms with Gasteiger partial charge in [-0.15, -0.1) is 22.7 Å². The van der Waals surface area contributed by atoms with Gasteiger partial charge in [0.15, 0.2) is 5.13 Å². The summed E-state index contributed by atoms with van der Waals surface area (Å²) in [5, 5.41) is 12.5. The minimum absolute atomic E-state index is 0.0984. The summed E-state index contributed by atoms with van der Waals surface area (Å²) in [5.74, 6) is -0.0984. The van der Waals surface area contributed by atoms with Gasteiger partial charge in [0, 0.05) is 27.3 Å². The summed E-state index contributed by atoms with van der Waals surface area (Å²) < 4.78 is 0. The Kier molecular flexibility index (Phi) is 5.15. The molecule has 27 heavy (non-hydrogen) atoms. The predicted molar refractivity (Wildman–Crippen MR) is 115 cm³/mol. The third kappa shape index (κ3) is 4.16. The molecule has 7 heteroatoms. The number of anilines is 1. The van der Waals surface area contributed by atoms with E-state index in [2.05, 4.69) is 52.7 Å². The Morgan fingerprint density at radius 3 is 2.74 bits per heavy atom. The molecular weight excluding hydrogens is 394 g/mol. The van der Waals surface area contributed by atoms with Crippen molar-refractivity contribution in [1.82, 2.24) is 9.97 Å². The van der Waals surface area contributed by atoms with Crippen molar-refractivity contribution in [1.29, 1.82) is 0 Å². The van der Waals surface area contributed by atoms with E-state index >= 15 is 0 Å². The van der Waals surface area contributed by atoms with Gasteiger partial charge in [0.25, 0.3) is 0 Å². The van der Waals surface area contributed by atoms with Crippen LogP contribution in [0.25, 0.3) is 21.8 Å². The minimum Gasteiger partial charge on any atom is -0.302 e. The Hall–Kier alpha value is -2.35. The van der Waals surface area contributed by atoms with Crippen LogP contribution in [0.3, 0.4) is 0 Å². The van der Waals surface area contributed by atoms with Crippen LogP contribution < -0.4 is 5.32 Å². The number of thiazole rings is 2. The first-order chi connectivity index (χ1) is 13.1. The fourth-order valence-corrected chi connectivity index (χ4v) is 5.05. The zero-order valence-electron chi connectivity index (χ0n) is 14.9. The Morgan fingerprint density at radius 1 is 1.07 bits per heavy atom. The molecule has 1 aromatic carbocycles. The van der Waals surface area contributed by atoms with Crippen molar-refractivity contribution in [2.45, 2.75) is 20.3 Å². The van der Waals surface area contributed by atoms with Crippen LogP contribution in [0.4, 0.5) is 5.13 Å². The molecule has 0 saturated carbocycles. The molecule has 136 valence electrons. The summed E-state index contributed by atoms with van der Waals surface area (Å²) in [4.78, 5) is 21.5. The van der Waals surface area contributed by atoms with Crippen molar-refractivity contribution < 1.29 is 4.79 Å². The highest BCUT2D eigenvalue weighted by atomic mass is 32.1. The molecule has 0 aliphatic rings. The predicted octanol–water partition coefficient (Wildman–Crippen LogP) is 5.79.